The van der Waals surface area contributed by atoms with Gasteiger partial charge >= 0.3 is 0 Å². The lowest BCUT2D eigenvalue weighted by molar-refractivity contribution is 0.262. The molecule has 0 saturated heterocycles. The van der Waals surface area contributed by atoms with E-state index in [1.165, 1.54) is 0 Å². The Hall–Kier alpha value is -4.76. The Morgan fingerprint density at radius 1 is 0.750 bits per heavy atom. The van der Waals surface area contributed by atoms with E-state index in [4.69, 9.17) is 35.4 Å². The molecule has 5 aromatic rings. The molecule has 13 heteroatoms. The predicted molar refractivity (Wildman–Crippen MR) is 210 cm³/mol. The Morgan fingerprint density at radius 2 is 1.38 bits per heavy atom. The van der Waals surface area contributed by atoms with Gasteiger partial charge in [0.2, 0.25) is 11.8 Å². The van der Waals surface area contributed by atoms with E-state index in [2.05, 4.69) is 91.4 Å². The molecule has 3 aromatic heterocycles. The molecule has 2 aromatic carbocycles. The number of fused-ring (bicyclic) bond motifs is 8. The molecule has 4 aliphatic heterocycles. The molecule has 0 unspecified atom stereocenters. The Balaban J connectivity index is 0.000000160. The number of halogens is 2. The summed E-state index contributed by atoms with van der Waals surface area (Å²) in [6, 6.07) is 20.5. The van der Waals surface area contributed by atoms with Gasteiger partial charge in [0.25, 0.3) is 12.0 Å². The number of nitrogens with zero attached hydrogens (tertiary/aromatic N) is 5. The summed E-state index contributed by atoms with van der Waals surface area (Å²) in [5.74, 6) is 2.55. The van der Waals surface area contributed by atoms with E-state index in [0.29, 0.717) is 25.0 Å². The first-order chi connectivity index (χ1) is 24.9. The number of hydrogen-bond donors (Lipinski definition) is 2. The number of ether oxygens (including phenoxy) is 4. The molecule has 11 nitrogen and oxygen atoms in total. The van der Waals surface area contributed by atoms with Crippen LogP contribution in [0.25, 0.3) is 11.1 Å². The summed E-state index contributed by atoms with van der Waals surface area (Å²) < 4.78 is 25.2. The number of aliphatic imine (C=N–C) groups is 2. The zero-order chi connectivity index (χ0) is 36.3. The number of nitrogens with two attached hydrogens (primary N) is 2. The van der Waals surface area contributed by atoms with Gasteiger partial charge in [0.15, 0.2) is 11.1 Å². The molecule has 52 heavy (non-hydrogen) atoms. The highest BCUT2D eigenvalue weighted by atomic mass is 127. The van der Waals surface area contributed by atoms with Gasteiger partial charge in [-0.25, -0.2) is 20.0 Å². The van der Waals surface area contributed by atoms with Crippen molar-refractivity contribution in [3.8, 4) is 34.4 Å². The minimum atomic E-state index is -0.768. The predicted octanol–water partition coefficient (Wildman–Crippen LogP) is 7.96. The third-order valence-electron chi connectivity index (χ3n) is 9.46. The van der Waals surface area contributed by atoms with Gasteiger partial charge in [-0.3, -0.25) is 4.98 Å². The van der Waals surface area contributed by atoms with Crippen molar-refractivity contribution < 1.29 is 18.9 Å². The third-order valence-corrected chi connectivity index (χ3v) is 10.6. The van der Waals surface area contributed by atoms with Gasteiger partial charge in [-0.05, 0) is 116 Å². The van der Waals surface area contributed by atoms with Crippen molar-refractivity contribution in [1.82, 2.24) is 15.0 Å². The lowest BCUT2D eigenvalue weighted by Gasteiger charge is -2.33. The van der Waals surface area contributed by atoms with Gasteiger partial charge in [0.05, 0.1) is 11.1 Å². The molecule has 0 radical (unpaired) electrons. The van der Waals surface area contributed by atoms with Crippen molar-refractivity contribution >= 4 is 50.6 Å². The van der Waals surface area contributed by atoms with Crippen molar-refractivity contribution in [2.75, 3.05) is 13.2 Å². The topological polar surface area (TPSA) is 152 Å². The molecule has 0 aliphatic carbocycles. The number of rotatable bonds is 3. The monoisotopic (exact) mass is 871 g/mol. The smallest absolute Gasteiger partial charge is 0.283 e. The summed E-state index contributed by atoms with van der Waals surface area (Å²) in [4.78, 5) is 22.6. The summed E-state index contributed by atoms with van der Waals surface area (Å²) in [7, 11) is 0. The Morgan fingerprint density at radius 3 is 2.00 bits per heavy atom. The molecule has 0 fully saturated rings. The van der Waals surface area contributed by atoms with Crippen molar-refractivity contribution in [3.05, 3.63) is 121 Å². The lowest BCUT2D eigenvalue weighted by Crippen LogP contribution is -2.31. The molecule has 0 saturated carbocycles. The summed E-state index contributed by atoms with van der Waals surface area (Å²) >= 11 is 5.72. The third kappa shape index (κ3) is 6.23. The number of pyridine rings is 3. The van der Waals surface area contributed by atoms with E-state index < -0.39 is 11.1 Å². The molecular formula is C39H35BrIN7O4. The van der Waals surface area contributed by atoms with Crippen LogP contribution < -0.4 is 20.9 Å². The fraction of sp³-hybridized carbons (Fsp3) is 0.256. The first kappa shape index (κ1) is 34.3. The second-order valence-electron chi connectivity index (χ2n) is 14.3. The van der Waals surface area contributed by atoms with E-state index in [9.17, 15) is 0 Å². The van der Waals surface area contributed by atoms with E-state index in [1.54, 1.807) is 12.4 Å². The van der Waals surface area contributed by atoms with Crippen LogP contribution in [-0.2, 0) is 27.0 Å². The quantitative estimate of drug-likeness (QED) is 0.172. The highest BCUT2D eigenvalue weighted by Crippen LogP contribution is 2.52. The van der Waals surface area contributed by atoms with Gasteiger partial charge in [0.1, 0.15) is 24.7 Å². The maximum absolute atomic E-state index is 6.20. The van der Waals surface area contributed by atoms with Gasteiger partial charge < -0.3 is 30.4 Å². The number of aromatic nitrogens is 3. The van der Waals surface area contributed by atoms with Crippen LogP contribution in [0.1, 0.15) is 55.0 Å². The molecule has 7 heterocycles. The molecule has 2 atom stereocenters. The van der Waals surface area contributed by atoms with Crippen LogP contribution in [0, 0.1) is 8.99 Å². The van der Waals surface area contributed by atoms with Crippen LogP contribution in [0.2, 0.25) is 0 Å². The highest BCUT2D eigenvalue weighted by Gasteiger charge is 2.49. The SMILES string of the molecule is CC(C)(C)CCc1cnc2c(c1)[C@]1(COC(N)=N1)c1cc(-c3cccnc3)ccc1O2.NC1=N[C@@]2(CO1)c1cc(I)ccc1Oc1ncc(Br)cc12. The minimum Gasteiger partial charge on any atom is -0.462 e. The van der Waals surface area contributed by atoms with Gasteiger partial charge in [0, 0.05) is 49.5 Å². The average Bonchev–Trinajstić information content (AvgIpc) is 3.72. The largest absolute Gasteiger partial charge is 0.462 e. The number of benzene rings is 2. The van der Waals surface area contributed by atoms with Crippen LogP contribution in [0.3, 0.4) is 0 Å². The van der Waals surface area contributed by atoms with Gasteiger partial charge in [-0.2, -0.15) is 0 Å². The average molecular weight is 873 g/mol. The summed E-state index contributed by atoms with van der Waals surface area (Å²) in [5, 5.41) is 0. The second-order valence-corrected chi connectivity index (χ2v) is 16.4. The molecule has 0 bridgehead atoms. The van der Waals surface area contributed by atoms with E-state index in [-0.39, 0.29) is 17.5 Å². The molecule has 264 valence electrons. The maximum Gasteiger partial charge on any atom is 0.283 e. The zero-order valence-corrected chi connectivity index (χ0v) is 32.4. The molecular weight excluding hydrogens is 837 g/mol. The van der Waals surface area contributed by atoms with Crippen LogP contribution in [0.15, 0.2) is 99.9 Å². The fourth-order valence-corrected chi connectivity index (χ4v) is 7.64. The number of aryl methyl sites for hydroxylation is 1. The maximum atomic E-state index is 6.20. The van der Waals surface area contributed by atoms with Crippen LogP contribution in [0.5, 0.6) is 23.3 Å². The van der Waals surface area contributed by atoms with Crippen molar-refractivity contribution in [2.45, 2.75) is 44.7 Å². The molecule has 9 rings (SSSR count). The Labute approximate surface area is 323 Å². The number of hydrogen-bond acceptors (Lipinski definition) is 11. The van der Waals surface area contributed by atoms with Crippen LogP contribution in [0.4, 0.5) is 0 Å². The molecule has 0 amide bonds. The van der Waals surface area contributed by atoms with Crippen molar-refractivity contribution in [1.29, 1.82) is 0 Å². The zero-order valence-electron chi connectivity index (χ0n) is 28.7. The number of amidine groups is 2. The van der Waals surface area contributed by atoms with E-state index >= 15 is 0 Å². The van der Waals surface area contributed by atoms with Gasteiger partial charge in [-0.15, -0.1) is 0 Å². The Bertz CT molecular complexity index is 2230. The van der Waals surface area contributed by atoms with E-state index in [1.807, 2.05) is 60.9 Å². The van der Waals surface area contributed by atoms with Crippen LogP contribution in [-0.4, -0.2) is 40.2 Å². The van der Waals surface area contributed by atoms with Crippen molar-refractivity contribution in [3.63, 3.8) is 0 Å². The minimum absolute atomic E-state index is 0.186. The van der Waals surface area contributed by atoms with Gasteiger partial charge in [-0.1, -0.05) is 32.9 Å². The fourth-order valence-electron chi connectivity index (χ4n) is 6.82. The standard InChI is InChI=1S/C25H26N4O2.C14H9BrIN3O2/c1-24(2,3)9-8-16-11-20-22(28-13-16)31-21-7-6-17(18-5-4-10-27-14-18)12-19(21)25(20)15-30-23(26)29-25;15-7-3-10-12(18-5-7)21-11-2-1-8(16)4-9(11)14(10)6-20-13(17)19-14/h4-7,10-14H,8-9,15H2,1-3H3,(H2,26,29);1-5H,6H2,(H2,17,19)/t25-;14-/m00/s1. The van der Waals surface area contributed by atoms with Crippen molar-refractivity contribution in [2.24, 2.45) is 26.9 Å². The van der Waals surface area contributed by atoms with E-state index in [0.717, 1.165) is 71.3 Å². The Kier molecular flexibility index (Phi) is 8.60. The molecule has 2 spiro atoms. The first-order valence-corrected chi connectivity index (χ1v) is 18.6. The normalized spacial score (nSPS) is 20.4. The summed E-state index contributed by atoms with van der Waals surface area (Å²) in [5.41, 5.74) is 17.4. The second kappa shape index (κ2) is 13.0. The molecule has 4 N–H and O–H groups in total. The molecule has 4 aliphatic rings. The first-order valence-electron chi connectivity index (χ1n) is 16.7. The van der Waals surface area contributed by atoms with Crippen LogP contribution >= 0.6 is 38.5 Å². The lowest BCUT2D eigenvalue weighted by atomic mass is 9.80. The highest BCUT2D eigenvalue weighted by molar-refractivity contribution is 14.1. The summed E-state index contributed by atoms with van der Waals surface area (Å²) in [6.07, 6.45) is 9.21. The summed E-state index contributed by atoms with van der Waals surface area (Å²) in [6.45, 7) is 7.41.